The summed E-state index contributed by atoms with van der Waals surface area (Å²) in [6.07, 6.45) is 5.65. The fourth-order valence-electron chi connectivity index (χ4n) is 0.575. The average Bonchev–Trinajstić information content (AvgIpc) is 2.03. The number of carbonyl (C=O) groups is 1. The van der Waals surface area contributed by atoms with Gasteiger partial charge in [0, 0.05) is 0 Å². The van der Waals surface area contributed by atoms with Gasteiger partial charge in [-0.2, -0.15) is 0 Å². The van der Waals surface area contributed by atoms with Crippen LogP contribution in [0.2, 0.25) is 0 Å². The molecule has 0 spiro atoms. The molecule has 0 aliphatic rings. The summed E-state index contributed by atoms with van der Waals surface area (Å²) >= 11 is 10.5. The number of carbonyl (C=O) groups excluding carboxylic acids is 1. The van der Waals surface area contributed by atoms with Crippen LogP contribution in [0.5, 0.6) is 0 Å². The van der Waals surface area contributed by atoms with Gasteiger partial charge in [-0.25, -0.2) is 4.79 Å². The Labute approximate surface area is 82.5 Å². The first-order chi connectivity index (χ1) is 5.68. The lowest BCUT2D eigenvalue weighted by atomic mass is 10.3. The molecule has 0 saturated carbocycles. The first-order valence-corrected chi connectivity index (χ1v) is 4.65. The Kier molecular flexibility index (Phi) is 7.31. The van der Waals surface area contributed by atoms with Crippen molar-refractivity contribution in [2.24, 2.45) is 0 Å². The van der Waals surface area contributed by atoms with Gasteiger partial charge in [-0.3, -0.25) is 0 Å². The predicted molar refractivity (Wildman–Crippen MR) is 50.5 cm³/mol. The maximum atomic E-state index is 10.7. The Balaban J connectivity index is 3.31. The highest BCUT2D eigenvalue weighted by molar-refractivity contribution is 6.52. The molecule has 0 bridgehead atoms. The Bertz CT molecular complexity index is 155. The number of allylic oxidation sites excluding steroid dienone is 1. The summed E-state index contributed by atoms with van der Waals surface area (Å²) in [6, 6.07) is 0. The number of esters is 1. The largest absolute Gasteiger partial charge is 0.463 e. The zero-order chi connectivity index (χ0) is 9.40. The molecule has 70 valence electrons. The van der Waals surface area contributed by atoms with Gasteiger partial charge in [0.25, 0.3) is 0 Å². The number of hydrogen-bond acceptors (Lipinski definition) is 2. The second-order valence-electron chi connectivity index (χ2n) is 2.14. The first-order valence-electron chi connectivity index (χ1n) is 3.78. The molecule has 4 heteroatoms. The van der Waals surface area contributed by atoms with Gasteiger partial charge < -0.3 is 4.74 Å². The molecule has 0 rings (SSSR count). The average molecular weight is 211 g/mol. The third kappa shape index (κ3) is 6.50. The Hall–Kier alpha value is -0.210. The minimum absolute atomic E-state index is 0.339. The van der Waals surface area contributed by atoms with Gasteiger partial charge in [-0.15, -0.1) is 0 Å². The summed E-state index contributed by atoms with van der Waals surface area (Å²) in [6.45, 7) is 2.38. The van der Waals surface area contributed by atoms with E-state index in [1.807, 2.05) is 19.1 Å². The van der Waals surface area contributed by atoms with Crippen molar-refractivity contribution in [1.29, 1.82) is 0 Å². The van der Waals surface area contributed by atoms with Crippen LogP contribution in [0.3, 0.4) is 0 Å². The maximum Gasteiger partial charge on any atom is 0.339 e. The van der Waals surface area contributed by atoms with Crippen LogP contribution < -0.4 is 0 Å². The maximum absolute atomic E-state index is 10.7. The molecule has 0 aliphatic carbocycles. The fraction of sp³-hybridized carbons (Fsp3) is 0.625. The van der Waals surface area contributed by atoms with Crippen molar-refractivity contribution in [3.63, 3.8) is 0 Å². The summed E-state index contributed by atoms with van der Waals surface area (Å²) in [7, 11) is 0. The second-order valence-corrected chi connectivity index (χ2v) is 3.23. The third-order valence-corrected chi connectivity index (χ3v) is 1.47. The number of hydrogen-bond donors (Lipinski definition) is 0. The van der Waals surface area contributed by atoms with Crippen molar-refractivity contribution in [2.45, 2.75) is 24.6 Å². The Morgan fingerprint density at radius 1 is 1.50 bits per heavy atom. The van der Waals surface area contributed by atoms with Crippen molar-refractivity contribution in [3.05, 3.63) is 12.2 Å². The van der Waals surface area contributed by atoms with E-state index >= 15 is 0 Å². The number of alkyl halides is 2. The molecular weight excluding hydrogens is 199 g/mol. The van der Waals surface area contributed by atoms with Crippen LogP contribution in [0.15, 0.2) is 12.2 Å². The predicted octanol–water partition coefficient (Wildman–Crippen LogP) is 2.69. The van der Waals surface area contributed by atoms with Crippen LogP contribution in [0.25, 0.3) is 0 Å². The minimum atomic E-state index is -1.07. The van der Waals surface area contributed by atoms with Gasteiger partial charge in [-0.1, -0.05) is 42.3 Å². The Morgan fingerprint density at radius 3 is 2.67 bits per heavy atom. The number of halogens is 2. The quantitative estimate of drug-likeness (QED) is 0.302. The van der Waals surface area contributed by atoms with Crippen LogP contribution in [0.4, 0.5) is 0 Å². The molecule has 0 unspecified atom stereocenters. The normalized spacial score (nSPS) is 11.0. The molecule has 12 heavy (non-hydrogen) atoms. The van der Waals surface area contributed by atoms with E-state index in [0.29, 0.717) is 13.0 Å². The number of rotatable bonds is 5. The van der Waals surface area contributed by atoms with Gasteiger partial charge >= 0.3 is 5.97 Å². The molecule has 0 amide bonds. The number of ether oxygens (including phenoxy) is 1. The van der Waals surface area contributed by atoms with Crippen molar-refractivity contribution >= 4 is 29.2 Å². The molecule has 0 heterocycles. The van der Waals surface area contributed by atoms with Crippen molar-refractivity contribution in [2.75, 3.05) is 6.61 Å². The van der Waals surface area contributed by atoms with E-state index in [4.69, 9.17) is 27.9 Å². The van der Waals surface area contributed by atoms with Gasteiger partial charge in [-0.05, 0) is 12.8 Å². The van der Waals surface area contributed by atoms with Crippen LogP contribution in [0.1, 0.15) is 19.8 Å². The van der Waals surface area contributed by atoms with Crippen LogP contribution in [0, 0.1) is 0 Å². The standard InChI is InChI=1S/C8H12Cl2O2/c1-2-3-4-5-6-12-8(11)7(9)10/h3-4,7H,2,5-6H2,1H3/b4-3-. The smallest absolute Gasteiger partial charge is 0.339 e. The van der Waals surface area contributed by atoms with Crippen LogP contribution in [-0.2, 0) is 9.53 Å². The zero-order valence-corrected chi connectivity index (χ0v) is 8.44. The summed E-state index contributed by atoms with van der Waals surface area (Å²) in [4.78, 5) is 9.60. The third-order valence-electron chi connectivity index (χ3n) is 1.11. The lowest BCUT2D eigenvalue weighted by Gasteiger charge is -2.01. The van der Waals surface area contributed by atoms with Gasteiger partial charge in [0.1, 0.15) is 0 Å². The lowest BCUT2D eigenvalue weighted by Crippen LogP contribution is -2.12. The summed E-state index contributed by atoms with van der Waals surface area (Å²) in [5.74, 6) is -0.580. The van der Waals surface area contributed by atoms with E-state index in [2.05, 4.69) is 0 Å². The van der Waals surface area contributed by atoms with Gasteiger partial charge in [0.2, 0.25) is 4.84 Å². The first kappa shape index (κ1) is 11.8. The van der Waals surface area contributed by atoms with Crippen molar-refractivity contribution < 1.29 is 9.53 Å². The molecule has 0 atom stereocenters. The zero-order valence-electron chi connectivity index (χ0n) is 6.93. The van der Waals surface area contributed by atoms with E-state index < -0.39 is 10.8 Å². The van der Waals surface area contributed by atoms with Crippen molar-refractivity contribution in [1.82, 2.24) is 0 Å². The molecule has 2 nitrogen and oxygen atoms in total. The SMILES string of the molecule is CC/C=C\CCOC(=O)C(Cl)Cl. The summed E-state index contributed by atoms with van der Waals surface area (Å²) < 4.78 is 4.70. The highest BCUT2D eigenvalue weighted by Crippen LogP contribution is 2.03. The van der Waals surface area contributed by atoms with Crippen LogP contribution >= 0.6 is 23.2 Å². The molecule has 0 radical (unpaired) electrons. The fourth-order valence-corrected chi connectivity index (χ4v) is 0.701. The molecule has 0 aromatic heterocycles. The molecule has 0 fully saturated rings. The van der Waals surface area contributed by atoms with Gasteiger partial charge in [0.05, 0.1) is 6.61 Å². The van der Waals surface area contributed by atoms with E-state index in [-0.39, 0.29) is 0 Å². The highest BCUT2D eigenvalue weighted by atomic mass is 35.5. The van der Waals surface area contributed by atoms with E-state index in [1.165, 1.54) is 0 Å². The highest BCUT2D eigenvalue weighted by Gasteiger charge is 2.11. The van der Waals surface area contributed by atoms with E-state index in [0.717, 1.165) is 6.42 Å². The summed E-state index contributed by atoms with van der Waals surface area (Å²) in [5.41, 5.74) is 0. The van der Waals surface area contributed by atoms with E-state index in [1.54, 1.807) is 0 Å². The van der Waals surface area contributed by atoms with Gasteiger partial charge in [0.15, 0.2) is 0 Å². The molecule has 0 aromatic carbocycles. The summed E-state index contributed by atoms with van der Waals surface area (Å²) in [5, 5.41) is 0. The topological polar surface area (TPSA) is 26.3 Å². The molecule has 0 aromatic rings. The molecular formula is C8H12Cl2O2. The lowest BCUT2D eigenvalue weighted by molar-refractivity contribution is -0.141. The van der Waals surface area contributed by atoms with Crippen molar-refractivity contribution in [3.8, 4) is 0 Å². The minimum Gasteiger partial charge on any atom is -0.463 e. The second kappa shape index (κ2) is 7.44. The molecule has 0 saturated heterocycles. The monoisotopic (exact) mass is 210 g/mol. The van der Waals surface area contributed by atoms with Crippen LogP contribution in [-0.4, -0.2) is 17.4 Å². The van der Waals surface area contributed by atoms with E-state index in [9.17, 15) is 4.79 Å². The molecule has 0 aliphatic heterocycles. The molecule has 0 N–H and O–H groups in total. The Morgan fingerprint density at radius 2 is 2.17 bits per heavy atom.